The van der Waals surface area contributed by atoms with Gasteiger partial charge in [0.05, 0.1) is 6.61 Å². The van der Waals surface area contributed by atoms with Gasteiger partial charge in [0.2, 0.25) is 0 Å². The van der Waals surface area contributed by atoms with Crippen LogP contribution in [-0.4, -0.2) is 23.6 Å². The lowest BCUT2D eigenvalue weighted by Crippen LogP contribution is -2.10. The molecule has 18 heavy (non-hydrogen) atoms. The average Bonchev–Trinajstić information content (AvgIpc) is 2.46. The van der Waals surface area contributed by atoms with Crippen LogP contribution in [0, 0.1) is 0 Å². The molecule has 0 bridgehead atoms. The van der Waals surface area contributed by atoms with Gasteiger partial charge < -0.3 is 10.1 Å². The van der Waals surface area contributed by atoms with Gasteiger partial charge in [0.25, 0.3) is 0 Å². The topological polar surface area (TPSA) is 47.0 Å². The molecule has 1 aromatic heterocycles. The Kier molecular flexibility index (Phi) is 2.84. The number of ether oxygens (including phenoxy) is 1. The molecule has 2 heterocycles. The van der Waals surface area contributed by atoms with E-state index in [0.29, 0.717) is 0 Å². The number of aromatic nitrogens is 2. The molecule has 0 amide bonds. The van der Waals surface area contributed by atoms with Crippen molar-refractivity contribution >= 4 is 5.82 Å². The first-order chi connectivity index (χ1) is 8.90. The minimum absolute atomic E-state index is 0.777. The number of nitrogens with zero attached hydrogens (tertiary/aromatic N) is 2. The summed E-state index contributed by atoms with van der Waals surface area (Å²) in [5.74, 6) is 1.74. The van der Waals surface area contributed by atoms with Crippen LogP contribution in [0.3, 0.4) is 0 Å². The average molecular weight is 241 g/mol. The summed E-state index contributed by atoms with van der Waals surface area (Å²) in [6.07, 6.45) is 5.54. The number of anilines is 1. The molecule has 1 aliphatic heterocycles. The predicted octanol–water partition coefficient (Wildman–Crippen LogP) is 2.51. The van der Waals surface area contributed by atoms with E-state index in [1.807, 2.05) is 13.1 Å². The third-order valence-corrected chi connectivity index (χ3v) is 3.12. The summed E-state index contributed by atoms with van der Waals surface area (Å²) in [6.45, 7) is 0.777. The number of aryl methyl sites for hydroxylation is 1. The van der Waals surface area contributed by atoms with Crippen LogP contribution in [0.25, 0.3) is 11.3 Å². The van der Waals surface area contributed by atoms with Crippen LogP contribution < -0.4 is 10.1 Å². The molecule has 0 aliphatic carbocycles. The molecule has 0 unspecified atom stereocenters. The Bertz CT molecular complexity index is 569. The van der Waals surface area contributed by atoms with Crippen molar-refractivity contribution in [1.29, 1.82) is 0 Å². The largest absolute Gasteiger partial charge is 0.493 e. The van der Waals surface area contributed by atoms with Gasteiger partial charge in [-0.05, 0) is 24.5 Å². The fraction of sp³-hybridized carbons (Fsp3) is 0.286. The fourth-order valence-corrected chi connectivity index (χ4v) is 2.29. The molecule has 1 N–H and O–H groups in total. The maximum Gasteiger partial charge on any atom is 0.152 e. The molecule has 4 heteroatoms. The van der Waals surface area contributed by atoms with Gasteiger partial charge in [-0.3, -0.25) is 4.98 Å². The molecule has 0 saturated heterocycles. The van der Waals surface area contributed by atoms with Crippen molar-refractivity contribution in [2.24, 2.45) is 0 Å². The number of benzene rings is 1. The van der Waals surface area contributed by atoms with Crippen LogP contribution in [0.5, 0.6) is 5.75 Å². The standard InChI is InChI=1S/C14H15N3O/c1-15-14-12(16-7-8-17-14)11-6-2-4-10-5-3-9-18-13(10)11/h2,4,6-8H,3,5,9H2,1H3,(H,15,17). The molecule has 92 valence electrons. The van der Waals surface area contributed by atoms with Gasteiger partial charge in [-0.15, -0.1) is 0 Å². The van der Waals surface area contributed by atoms with E-state index in [0.717, 1.165) is 42.3 Å². The highest BCUT2D eigenvalue weighted by Crippen LogP contribution is 2.37. The van der Waals surface area contributed by atoms with Gasteiger partial charge >= 0.3 is 0 Å². The maximum atomic E-state index is 5.81. The van der Waals surface area contributed by atoms with Crippen molar-refractivity contribution in [2.45, 2.75) is 12.8 Å². The summed E-state index contributed by atoms with van der Waals surface area (Å²) in [6, 6.07) is 6.21. The minimum Gasteiger partial charge on any atom is -0.493 e. The molecule has 0 spiro atoms. The zero-order chi connectivity index (χ0) is 12.4. The van der Waals surface area contributed by atoms with Gasteiger partial charge in [-0.1, -0.05) is 12.1 Å². The Morgan fingerprint density at radius 3 is 3.00 bits per heavy atom. The van der Waals surface area contributed by atoms with Gasteiger partial charge in [0, 0.05) is 25.0 Å². The van der Waals surface area contributed by atoms with Gasteiger partial charge in [0.15, 0.2) is 5.82 Å². The second-order valence-corrected chi connectivity index (χ2v) is 4.25. The number of fused-ring (bicyclic) bond motifs is 1. The first-order valence-corrected chi connectivity index (χ1v) is 6.14. The van der Waals surface area contributed by atoms with Gasteiger partial charge in [-0.25, -0.2) is 4.98 Å². The van der Waals surface area contributed by atoms with Crippen molar-refractivity contribution in [2.75, 3.05) is 19.0 Å². The zero-order valence-corrected chi connectivity index (χ0v) is 10.3. The van der Waals surface area contributed by atoms with E-state index in [2.05, 4.69) is 27.4 Å². The number of para-hydroxylation sites is 1. The Morgan fingerprint density at radius 1 is 1.22 bits per heavy atom. The summed E-state index contributed by atoms with van der Waals surface area (Å²) in [4.78, 5) is 8.72. The Labute approximate surface area is 106 Å². The maximum absolute atomic E-state index is 5.81. The number of rotatable bonds is 2. The summed E-state index contributed by atoms with van der Waals surface area (Å²) in [7, 11) is 1.85. The highest BCUT2D eigenvalue weighted by Gasteiger charge is 2.18. The Hall–Kier alpha value is -2.10. The van der Waals surface area contributed by atoms with Crippen molar-refractivity contribution in [3.8, 4) is 17.0 Å². The molecule has 0 atom stereocenters. The predicted molar refractivity (Wildman–Crippen MR) is 70.8 cm³/mol. The SMILES string of the molecule is CNc1nccnc1-c1cccc2c1OCCC2. The third kappa shape index (κ3) is 1.79. The number of nitrogens with one attached hydrogen (secondary N) is 1. The van der Waals surface area contributed by atoms with Gasteiger partial charge in [-0.2, -0.15) is 0 Å². The number of hydrogen-bond donors (Lipinski definition) is 1. The van der Waals surface area contributed by atoms with E-state index in [1.165, 1.54) is 5.56 Å². The molecule has 1 aliphatic rings. The van der Waals surface area contributed by atoms with E-state index >= 15 is 0 Å². The van der Waals surface area contributed by atoms with Crippen LogP contribution in [-0.2, 0) is 6.42 Å². The Morgan fingerprint density at radius 2 is 2.11 bits per heavy atom. The quantitative estimate of drug-likeness (QED) is 0.877. The monoisotopic (exact) mass is 241 g/mol. The molecular weight excluding hydrogens is 226 g/mol. The molecule has 0 saturated carbocycles. The van der Waals surface area contributed by atoms with Crippen LogP contribution in [0.2, 0.25) is 0 Å². The van der Waals surface area contributed by atoms with E-state index in [-0.39, 0.29) is 0 Å². The van der Waals surface area contributed by atoms with Crippen molar-refractivity contribution in [3.63, 3.8) is 0 Å². The second kappa shape index (κ2) is 4.64. The first-order valence-electron chi connectivity index (χ1n) is 6.14. The molecule has 0 radical (unpaired) electrons. The van der Waals surface area contributed by atoms with E-state index in [1.54, 1.807) is 12.4 Å². The lowest BCUT2D eigenvalue weighted by atomic mass is 10.0. The van der Waals surface area contributed by atoms with E-state index in [9.17, 15) is 0 Å². The summed E-state index contributed by atoms with van der Waals surface area (Å²) >= 11 is 0. The van der Waals surface area contributed by atoms with Crippen molar-refractivity contribution in [3.05, 3.63) is 36.2 Å². The van der Waals surface area contributed by atoms with Crippen LogP contribution >= 0.6 is 0 Å². The zero-order valence-electron chi connectivity index (χ0n) is 10.3. The highest BCUT2D eigenvalue weighted by molar-refractivity contribution is 5.77. The van der Waals surface area contributed by atoms with Crippen molar-refractivity contribution in [1.82, 2.24) is 9.97 Å². The van der Waals surface area contributed by atoms with E-state index in [4.69, 9.17) is 4.74 Å². The summed E-state index contributed by atoms with van der Waals surface area (Å²) in [5.41, 5.74) is 3.12. The fourth-order valence-electron chi connectivity index (χ4n) is 2.29. The number of hydrogen-bond acceptors (Lipinski definition) is 4. The smallest absolute Gasteiger partial charge is 0.152 e. The third-order valence-electron chi connectivity index (χ3n) is 3.12. The molecular formula is C14H15N3O. The molecule has 0 fully saturated rings. The molecule has 2 aromatic rings. The summed E-state index contributed by atoms with van der Waals surface area (Å²) < 4.78 is 5.81. The Balaban J connectivity index is 2.17. The van der Waals surface area contributed by atoms with Crippen molar-refractivity contribution < 1.29 is 4.74 Å². The molecule has 1 aromatic carbocycles. The molecule has 4 nitrogen and oxygen atoms in total. The highest BCUT2D eigenvalue weighted by atomic mass is 16.5. The van der Waals surface area contributed by atoms with E-state index < -0.39 is 0 Å². The minimum atomic E-state index is 0.777. The lowest BCUT2D eigenvalue weighted by molar-refractivity contribution is 0.289. The van der Waals surface area contributed by atoms with Crippen LogP contribution in [0.15, 0.2) is 30.6 Å². The van der Waals surface area contributed by atoms with Crippen LogP contribution in [0.1, 0.15) is 12.0 Å². The summed E-state index contributed by atoms with van der Waals surface area (Å²) in [5, 5.41) is 3.07. The normalized spacial score (nSPS) is 13.6. The van der Waals surface area contributed by atoms with Gasteiger partial charge in [0.1, 0.15) is 11.4 Å². The lowest BCUT2D eigenvalue weighted by Gasteiger charge is -2.20. The van der Waals surface area contributed by atoms with Crippen LogP contribution in [0.4, 0.5) is 5.82 Å². The second-order valence-electron chi connectivity index (χ2n) is 4.25. The molecule has 3 rings (SSSR count). The first kappa shape index (κ1) is 11.0.